The second-order valence-electron chi connectivity index (χ2n) is 6.77. The fourth-order valence-electron chi connectivity index (χ4n) is 3.13. The Kier molecular flexibility index (Phi) is 5.10. The summed E-state index contributed by atoms with van der Waals surface area (Å²) in [5.74, 6) is 1.12. The van der Waals surface area contributed by atoms with Gasteiger partial charge in [0.2, 0.25) is 0 Å². The van der Waals surface area contributed by atoms with E-state index in [2.05, 4.69) is 18.3 Å². The highest BCUT2D eigenvalue weighted by Gasteiger charge is 2.24. The molecule has 1 aromatic heterocycles. The van der Waals surface area contributed by atoms with Gasteiger partial charge in [-0.1, -0.05) is 19.1 Å². The van der Waals surface area contributed by atoms with Crippen molar-refractivity contribution in [2.24, 2.45) is 5.92 Å². The van der Waals surface area contributed by atoms with Crippen LogP contribution in [-0.4, -0.2) is 12.5 Å². The minimum Gasteiger partial charge on any atom is -0.483 e. The van der Waals surface area contributed by atoms with Gasteiger partial charge in [0.25, 0.3) is 5.91 Å². The molecule has 0 saturated heterocycles. The standard InChI is InChI=1S/C20H22N2O2S/c1-12-4-6-14(3)17(8-12)24-11-19(23)22-20-16(10-21)15-7-5-13(2)9-18(15)25-20/h4,6,8,13H,5,7,9,11H2,1-3H3,(H,22,23). The van der Waals surface area contributed by atoms with Crippen LogP contribution in [0.25, 0.3) is 0 Å². The van der Waals surface area contributed by atoms with Gasteiger partial charge in [0.05, 0.1) is 5.56 Å². The molecule has 0 spiro atoms. The summed E-state index contributed by atoms with van der Waals surface area (Å²) < 4.78 is 5.65. The zero-order valence-electron chi connectivity index (χ0n) is 14.8. The molecular weight excluding hydrogens is 332 g/mol. The zero-order chi connectivity index (χ0) is 18.0. The van der Waals surface area contributed by atoms with Crippen LogP contribution < -0.4 is 10.1 Å². The number of ether oxygens (including phenoxy) is 1. The number of amides is 1. The van der Waals surface area contributed by atoms with Crippen LogP contribution in [0.15, 0.2) is 18.2 Å². The van der Waals surface area contributed by atoms with Crippen molar-refractivity contribution in [3.8, 4) is 11.8 Å². The first-order valence-corrected chi connectivity index (χ1v) is 9.34. The van der Waals surface area contributed by atoms with Gasteiger partial charge in [0.1, 0.15) is 16.8 Å². The lowest BCUT2D eigenvalue weighted by Gasteiger charge is -2.17. The molecule has 1 N–H and O–H groups in total. The fraction of sp³-hybridized carbons (Fsp3) is 0.400. The van der Waals surface area contributed by atoms with Gasteiger partial charge < -0.3 is 10.1 Å². The smallest absolute Gasteiger partial charge is 0.262 e. The Morgan fingerprint density at radius 2 is 2.24 bits per heavy atom. The van der Waals surface area contributed by atoms with E-state index in [0.29, 0.717) is 16.5 Å². The van der Waals surface area contributed by atoms with Crippen LogP contribution in [0.1, 0.15) is 40.5 Å². The average Bonchev–Trinajstić information content (AvgIpc) is 2.91. The van der Waals surface area contributed by atoms with Crippen molar-refractivity contribution in [1.29, 1.82) is 5.26 Å². The number of carbonyl (C=O) groups excluding carboxylic acids is 1. The SMILES string of the molecule is Cc1ccc(C)c(OCC(=O)Nc2sc3c(c2C#N)CCC(C)C3)c1. The molecule has 1 amide bonds. The molecule has 0 fully saturated rings. The minimum atomic E-state index is -0.232. The minimum absolute atomic E-state index is 0.0614. The highest BCUT2D eigenvalue weighted by atomic mass is 32.1. The molecular formula is C20H22N2O2S. The maximum absolute atomic E-state index is 12.3. The van der Waals surface area contributed by atoms with Gasteiger partial charge in [-0.15, -0.1) is 11.3 Å². The number of nitrogens with one attached hydrogen (secondary N) is 1. The predicted octanol–water partition coefficient (Wildman–Crippen LogP) is 4.38. The topological polar surface area (TPSA) is 62.1 Å². The molecule has 1 unspecified atom stereocenters. The van der Waals surface area contributed by atoms with E-state index in [9.17, 15) is 10.1 Å². The number of aryl methyl sites for hydroxylation is 2. The van der Waals surface area contributed by atoms with Crippen molar-refractivity contribution in [1.82, 2.24) is 0 Å². The molecule has 5 heteroatoms. The van der Waals surface area contributed by atoms with E-state index in [1.54, 1.807) is 0 Å². The number of thiophene rings is 1. The van der Waals surface area contributed by atoms with Gasteiger partial charge in [-0.05, 0) is 61.8 Å². The zero-order valence-corrected chi connectivity index (χ0v) is 15.6. The molecule has 2 aromatic rings. The molecule has 1 aromatic carbocycles. The van der Waals surface area contributed by atoms with Crippen LogP contribution >= 0.6 is 11.3 Å². The molecule has 1 aliphatic rings. The van der Waals surface area contributed by atoms with Crippen LogP contribution in [0, 0.1) is 31.1 Å². The van der Waals surface area contributed by atoms with E-state index in [0.717, 1.165) is 41.7 Å². The second-order valence-corrected chi connectivity index (χ2v) is 7.88. The Hall–Kier alpha value is -2.32. The molecule has 0 aliphatic heterocycles. The number of hydrogen-bond donors (Lipinski definition) is 1. The molecule has 4 nitrogen and oxygen atoms in total. The van der Waals surface area contributed by atoms with E-state index in [-0.39, 0.29) is 12.5 Å². The van der Waals surface area contributed by atoms with E-state index in [4.69, 9.17) is 4.74 Å². The number of nitriles is 1. The highest BCUT2D eigenvalue weighted by molar-refractivity contribution is 7.16. The van der Waals surface area contributed by atoms with E-state index in [1.807, 2.05) is 32.0 Å². The van der Waals surface area contributed by atoms with E-state index < -0.39 is 0 Å². The van der Waals surface area contributed by atoms with Crippen molar-refractivity contribution in [3.05, 3.63) is 45.3 Å². The van der Waals surface area contributed by atoms with Gasteiger partial charge in [-0.2, -0.15) is 5.26 Å². The Morgan fingerprint density at radius 3 is 3.00 bits per heavy atom. The van der Waals surface area contributed by atoms with Gasteiger partial charge in [-0.3, -0.25) is 4.79 Å². The average molecular weight is 354 g/mol. The number of rotatable bonds is 4. The third-order valence-corrected chi connectivity index (χ3v) is 5.75. The molecule has 3 rings (SSSR count). The number of carbonyl (C=O) groups is 1. The monoisotopic (exact) mass is 354 g/mol. The summed E-state index contributed by atoms with van der Waals surface area (Å²) >= 11 is 1.54. The van der Waals surface area contributed by atoms with Crippen LogP contribution in [0.5, 0.6) is 5.75 Å². The van der Waals surface area contributed by atoms with Crippen LogP contribution in [0.2, 0.25) is 0 Å². The molecule has 1 atom stereocenters. The van der Waals surface area contributed by atoms with Gasteiger partial charge >= 0.3 is 0 Å². The van der Waals surface area contributed by atoms with Gasteiger partial charge in [0.15, 0.2) is 6.61 Å². The molecule has 0 radical (unpaired) electrons. The Morgan fingerprint density at radius 1 is 1.44 bits per heavy atom. The largest absolute Gasteiger partial charge is 0.483 e. The van der Waals surface area contributed by atoms with Crippen molar-refractivity contribution in [2.75, 3.05) is 11.9 Å². The lowest BCUT2D eigenvalue weighted by molar-refractivity contribution is -0.118. The number of nitrogens with zero attached hydrogens (tertiary/aromatic N) is 1. The van der Waals surface area contributed by atoms with Crippen LogP contribution in [0.4, 0.5) is 5.00 Å². The normalized spacial score (nSPS) is 16.0. The first kappa shape index (κ1) is 17.5. The first-order valence-electron chi connectivity index (χ1n) is 8.52. The van der Waals surface area contributed by atoms with E-state index >= 15 is 0 Å². The number of fused-ring (bicyclic) bond motifs is 1. The number of hydrogen-bond acceptors (Lipinski definition) is 4. The molecule has 25 heavy (non-hydrogen) atoms. The number of benzene rings is 1. The summed E-state index contributed by atoms with van der Waals surface area (Å²) in [7, 11) is 0. The Balaban J connectivity index is 1.69. The summed E-state index contributed by atoms with van der Waals surface area (Å²) in [6.07, 6.45) is 3.01. The maximum atomic E-state index is 12.3. The van der Waals surface area contributed by atoms with Gasteiger partial charge in [0, 0.05) is 4.88 Å². The van der Waals surface area contributed by atoms with Crippen molar-refractivity contribution in [3.63, 3.8) is 0 Å². The lowest BCUT2D eigenvalue weighted by atomic mass is 9.89. The van der Waals surface area contributed by atoms with Gasteiger partial charge in [-0.25, -0.2) is 0 Å². The predicted molar refractivity (Wildman–Crippen MR) is 100 cm³/mol. The summed E-state index contributed by atoms with van der Waals surface area (Å²) in [5.41, 5.74) is 3.84. The third kappa shape index (κ3) is 3.85. The highest BCUT2D eigenvalue weighted by Crippen LogP contribution is 2.39. The van der Waals surface area contributed by atoms with Crippen molar-refractivity contribution >= 4 is 22.2 Å². The second kappa shape index (κ2) is 7.28. The lowest BCUT2D eigenvalue weighted by Crippen LogP contribution is -2.20. The van der Waals surface area contributed by atoms with E-state index in [1.165, 1.54) is 16.2 Å². The first-order chi connectivity index (χ1) is 12.0. The fourth-order valence-corrected chi connectivity index (χ4v) is 4.50. The molecule has 1 aliphatic carbocycles. The number of anilines is 1. The summed E-state index contributed by atoms with van der Waals surface area (Å²) in [6, 6.07) is 8.18. The summed E-state index contributed by atoms with van der Waals surface area (Å²) in [6.45, 7) is 6.11. The van der Waals surface area contributed by atoms with Crippen LogP contribution in [0.3, 0.4) is 0 Å². The summed E-state index contributed by atoms with van der Waals surface area (Å²) in [5, 5.41) is 13.0. The van der Waals surface area contributed by atoms with Crippen molar-refractivity contribution < 1.29 is 9.53 Å². The summed E-state index contributed by atoms with van der Waals surface area (Å²) in [4.78, 5) is 13.5. The molecule has 1 heterocycles. The van der Waals surface area contributed by atoms with Crippen molar-refractivity contribution in [2.45, 2.75) is 40.0 Å². The third-order valence-electron chi connectivity index (χ3n) is 4.58. The van der Waals surface area contributed by atoms with Crippen LogP contribution in [-0.2, 0) is 17.6 Å². The molecule has 0 saturated carbocycles. The Bertz CT molecular complexity index is 848. The Labute approximate surface area is 152 Å². The molecule has 0 bridgehead atoms. The maximum Gasteiger partial charge on any atom is 0.262 e. The molecule has 130 valence electrons. The quantitative estimate of drug-likeness (QED) is 0.886.